The Kier molecular flexibility index (Phi) is 17.9. The fraction of sp³-hybridized carbons (Fsp3) is 0.379. The molecule has 2 aliphatic rings. The van der Waals surface area contributed by atoms with Crippen LogP contribution in [0, 0.1) is 49.5 Å². The first-order valence-electron chi connectivity index (χ1n) is 24.6. The van der Waals surface area contributed by atoms with Gasteiger partial charge in [-0.2, -0.15) is 10.5 Å². The van der Waals surface area contributed by atoms with E-state index in [0.717, 1.165) is 79.5 Å². The molecule has 17 heteroatoms. The topological polar surface area (TPSA) is 177 Å². The van der Waals surface area contributed by atoms with Crippen LogP contribution in [-0.4, -0.2) is 43.6 Å². The molecular formula is C58H59Cl4IN12. The summed E-state index contributed by atoms with van der Waals surface area (Å²) in [4.78, 5) is 11.6. The first kappa shape index (κ1) is 56.9. The lowest BCUT2D eigenvalue weighted by Gasteiger charge is -2.22. The molecule has 2 N–H and O–H groups in total. The summed E-state index contributed by atoms with van der Waals surface area (Å²) in [6, 6.07) is 28.0. The van der Waals surface area contributed by atoms with Crippen LogP contribution in [0.4, 0.5) is 11.4 Å². The van der Waals surface area contributed by atoms with Crippen LogP contribution >= 0.6 is 69.0 Å². The number of halogens is 5. The third-order valence-corrected chi connectivity index (χ3v) is 15.4. The molecule has 7 aromatic rings. The molecule has 0 saturated heterocycles. The minimum absolute atomic E-state index is 0.00868. The summed E-state index contributed by atoms with van der Waals surface area (Å²) in [5.74, 6) is 2.53. The molecule has 2 aliphatic carbocycles. The van der Waals surface area contributed by atoms with E-state index in [9.17, 15) is 10.5 Å². The highest BCUT2D eigenvalue weighted by Crippen LogP contribution is 2.45. The second-order valence-corrected chi connectivity index (χ2v) is 24.8. The van der Waals surface area contributed by atoms with Crippen LogP contribution in [0.5, 0.6) is 0 Å². The van der Waals surface area contributed by atoms with Gasteiger partial charge in [0.05, 0.1) is 55.0 Å². The van der Waals surface area contributed by atoms with Gasteiger partial charge >= 0.3 is 0 Å². The number of benzene rings is 4. The van der Waals surface area contributed by atoms with E-state index in [1.165, 1.54) is 0 Å². The van der Waals surface area contributed by atoms with Gasteiger partial charge in [0.15, 0.2) is 0 Å². The Labute approximate surface area is 473 Å². The van der Waals surface area contributed by atoms with Crippen molar-refractivity contribution in [3.05, 3.63) is 158 Å². The summed E-state index contributed by atoms with van der Waals surface area (Å²) in [5.41, 5.74) is 16.6. The Morgan fingerprint density at radius 1 is 0.747 bits per heavy atom. The number of terminal acetylenes is 1. The van der Waals surface area contributed by atoms with Crippen LogP contribution in [0.25, 0.3) is 32.2 Å². The van der Waals surface area contributed by atoms with Crippen molar-refractivity contribution in [3.63, 3.8) is 0 Å². The van der Waals surface area contributed by atoms with E-state index in [0.29, 0.717) is 68.2 Å². The summed E-state index contributed by atoms with van der Waals surface area (Å²) < 4.78 is 3.08. The van der Waals surface area contributed by atoms with Gasteiger partial charge in [0.2, 0.25) is 0 Å². The van der Waals surface area contributed by atoms with Gasteiger partial charge < -0.3 is 10.6 Å². The van der Waals surface area contributed by atoms with Gasteiger partial charge in [0.25, 0.3) is 0 Å². The minimum atomic E-state index is -0.190. The molecule has 3 heterocycles. The Hall–Kier alpha value is -5.82. The van der Waals surface area contributed by atoms with E-state index in [-0.39, 0.29) is 33.7 Å². The molecule has 3 aromatic heterocycles. The molecular weight excluding hydrogens is 1130 g/mol. The first-order chi connectivity index (χ1) is 35.5. The highest BCUT2D eigenvalue weighted by atomic mass is 127. The summed E-state index contributed by atoms with van der Waals surface area (Å²) >= 11 is 28.8. The lowest BCUT2D eigenvalue weighted by Crippen LogP contribution is -2.19. The van der Waals surface area contributed by atoms with Crippen LogP contribution in [0.1, 0.15) is 132 Å². The number of rotatable bonds is 13. The van der Waals surface area contributed by atoms with Crippen molar-refractivity contribution >= 4 is 102 Å². The molecule has 9 rings (SSSR count). The molecule has 2 saturated carbocycles. The van der Waals surface area contributed by atoms with Crippen molar-refractivity contribution in [3.8, 4) is 24.5 Å². The number of nitriles is 2. The third kappa shape index (κ3) is 14.2. The van der Waals surface area contributed by atoms with E-state index in [2.05, 4.69) is 147 Å². The zero-order valence-electron chi connectivity index (χ0n) is 43.3. The van der Waals surface area contributed by atoms with Crippen LogP contribution < -0.4 is 10.6 Å². The van der Waals surface area contributed by atoms with Crippen molar-refractivity contribution in [2.24, 2.45) is 15.9 Å². The van der Waals surface area contributed by atoms with Gasteiger partial charge in [-0.25, -0.2) is 4.68 Å². The Morgan fingerprint density at radius 2 is 1.23 bits per heavy atom. The van der Waals surface area contributed by atoms with Crippen molar-refractivity contribution < 1.29 is 0 Å². The average molecular weight is 1190 g/mol. The number of nitrogens with zero attached hydrogens (tertiary/aromatic N) is 10. The highest BCUT2D eigenvalue weighted by molar-refractivity contribution is 14.1. The van der Waals surface area contributed by atoms with E-state index in [4.69, 9.17) is 58.4 Å². The molecule has 0 spiro atoms. The minimum Gasteiger partial charge on any atom is -0.383 e. The van der Waals surface area contributed by atoms with Crippen molar-refractivity contribution in [1.82, 2.24) is 25.0 Å². The maximum atomic E-state index is 9.83. The SMILES string of the molecule is C#C[C@@H](Cc1cc(Cl)c2ncc(C#N)c(NCC(C)(C)C)c2c1)c1ccccc1Cl.CC(C)(C)CNc1c(C#N)cnc2c(Cl)cc(C[C@@H](c3ccccc3Cl)c3nnn(C4(C)CC4)c3I)cc12.CC1(N=[N+]=[N-])CC1. The van der Waals surface area contributed by atoms with Crippen molar-refractivity contribution in [1.29, 1.82) is 10.5 Å². The van der Waals surface area contributed by atoms with E-state index in [1.807, 2.05) is 67.6 Å². The maximum Gasteiger partial charge on any atom is 0.124 e. The van der Waals surface area contributed by atoms with Crippen LogP contribution in [0.2, 0.25) is 20.1 Å². The van der Waals surface area contributed by atoms with Gasteiger partial charge in [-0.1, -0.05) is 148 Å². The van der Waals surface area contributed by atoms with Gasteiger partial charge in [-0.15, -0.1) is 11.5 Å². The van der Waals surface area contributed by atoms with Crippen LogP contribution in [-0.2, 0) is 18.4 Å². The largest absolute Gasteiger partial charge is 0.383 e. The molecule has 0 amide bonds. The second kappa shape index (κ2) is 23.6. The van der Waals surface area contributed by atoms with Gasteiger partial charge in [-0.3, -0.25) is 9.97 Å². The Balaban J connectivity index is 0.000000197. The van der Waals surface area contributed by atoms with Crippen molar-refractivity contribution in [2.45, 2.75) is 117 Å². The maximum absolute atomic E-state index is 9.83. The molecule has 0 unspecified atom stereocenters. The van der Waals surface area contributed by atoms with Gasteiger partial charge in [0.1, 0.15) is 21.5 Å². The monoisotopic (exact) mass is 1190 g/mol. The number of nitrogens with one attached hydrogen (secondary N) is 2. The standard InChI is InChI=1S/C29H29Cl2IN6.C25H23Cl2N3.C4H7N3/c1-28(2,3)16-35-24-18(14-33)15-34-25-21(24)12-17(13-23(25)31)11-20(19-7-5-6-8-22(19)30)26-27(32)38(37-36-26)29(4)9-10-29;1-5-17(19-8-6-7-9-21(19)26)10-16-11-20-23(30-15-25(2,3)4)18(13-28)14-29-24(20)22(27)12-16;1-4(2-3-4)6-7-5/h5-8,12-13,15,20H,9-11,16H2,1-4H3,(H,34,35);1,6-9,11-12,14,17H,10,15H2,2-4H3,(H,29,30);2-3H2,1H3/t20-;17-;/m00./s1. The molecule has 4 aromatic carbocycles. The first-order valence-corrected chi connectivity index (χ1v) is 27.2. The predicted octanol–water partition coefficient (Wildman–Crippen LogP) is 16.6. The second-order valence-electron chi connectivity index (χ2n) is 22.2. The van der Waals surface area contributed by atoms with Crippen molar-refractivity contribution in [2.75, 3.05) is 23.7 Å². The normalized spacial score (nSPS) is 14.8. The van der Waals surface area contributed by atoms with Gasteiger partial charge in [0, 0.05) is 62.7 Å². The summed E-state index contributed by atoms with van der Waals surface area (Å²) in [5, 5.41) is 43.2. The zero-order chi connectivity index (χ0) is 54.5. The number of aromatic nitrogens is 5. The quantitative estimate of drug-likeness (QED) is 0.0377. The number of anilines is 2. The van der Waals surface area contributed by atoms with Crippen LogP contribution in [0.3, 0.4) is 0 Å². The predicted molar refractivity (Wildman–Crippen MR) is 315 cm³/mol. The Morgan fingerprint density at radius 3 is 1.64 bits per heavy atom. The van der Waals surface area contributed by atoms with E-state index >= 15 is 0 Å². The molecule has 12 nitrogen and oxygen atoms in total. The highest BCUT2D eigenvalue weighted by Gasteiger charge is 2.43. The molecule has 0 bridgehead atoms. The lowest BCUT2D eigenvalue weighted by atomic mass is 9.88. The fourth-order valence-electron chi connectivity index (χ4n) is 8.35. The number of pyridine rings is 2. The van der Waals surface area contributed by atoms with Gasteiger partial charge in [-0.05, 0) is 143 Å². The van der Waals surface area contributed by atoms with E-state index in [1.54, 1.807) is 12.4 Å². The number of azide groups is 1. The van der Waals surface area contributed by atoms with E-state index < -0.39 is 0 Å². The Bertz CT molecular complexity index is 3430. The number of hydrogen-bond acceptors (Lipinski definition) is 9. The molecule has 386 valence electrons. The molecule has 0 aliphatic heterocycles. The zero-order valence-corrected chi connectivity index (χ0v) is 48.5. The number of fused-ring (bicyclic) bond motifs is 2. The fourth-order valence-corrected chi connectivity index (χ4v) is 10.6. The summed E-state index contributed by atoms with van der Waals surface area (Å²) in [7, 11) is 0. The smallest absolute Gasteiger partial charge is 0.124 e. The van der Waals surface area contributed by atoms with Crippen LogP contribution in [0.15, 0.2) is 90.3 Å². The molecule has 2 fully saturated rings. The summed E-state index contributed by atoms with van der Waals surface area (Å²) in [6.07, 6.45) is 14.5. The molecule has 2 atom stereocenters. The molecule has 75 heavy (non-hydrogen) atoms. The number of hydrogen-bond donors (Lipinski definition) is 2. The summed E-state index contributed by atoms with van der Waals surface area (Å²) in [6.45, 7) is 18.4. The molecule has 0 radical (unpaired) electrons. The lowest BCUT2D eigenvalue weighted by molar-refractivity contribution is 0.443. The average Bonchev–Trinajstić information content (AvgIpc) is 4.26. The third-order valence-electron chi connectivity index (χ3n) is 13.2.